The van der Waals surface area contributed by atoms with Crippen LogP contribution in [0.25, 0.3) is 11.3 Å². The summed E-state index contributed by atoms with van der Waals surface area (Å²) in [4.78, 5) is 2.18. The van der Waals surface area contributed by atoms with Gasteiger partial charge in [-0.3, -0.25) is 4.90 Å². The fraction of sp³-hybridized carbons (Fsp3) is 0.471. The van der Waals surface area contributed by atoms with Crippen LogP contribution >= 0.6 is 12.4 Å². The Balaban J connectivity index is 0.00000208. The van der Waals surface area contributed by atoms with Crippen LogP contribution in [0, 0.1) is 0 Å². The molecule has 1 aromatic carbocycles. The van der Waals surface area contributed by atoms with Gasteiger partial charge in [-0.05, 0) is 0 Å². The van der Waals surface area contributed by atoms with Gasteiger partial charge in [-0.25, -0.2) is 0 Å². The van der Waals surface area contributed by atoms with Crippen molar-refractivity contribution in [3.05, 3.63) is 42.2 Å². The summed E-state index contributed by atoms with van der Waals surface area (Å²) in [5.41, 5.74) is 1.80. The molecule has 0 saturated carbocycles. The second-order valence-electron chi connectivity index (χ2n) is 5.63. The van der Waals surface area contributed by atoms with Gasteiger partial charge in [-0.15, -0.1) is 12.4 Å². The van der Waals surface area contributed by atoms with E-state index in [1.165, 1.54) is 0 Å². The first kappa shape index (κ1) is 18.9. The van der Waals surface area contributed by atoms with E-state index in [4.69, 9.17) is 14.0 Å². The van der Waals surface area contributed by atoms with Crippen molar-refractivity contribution in [2.45, 2.75) is 12.7 Å². The molecule has 1 aliphatic heterocycles. The molecule has 2 heterocycles. The van der Waals surface area contributed by atoms with Crippen LogP contribution in [0.3, 0.4) is 0 Å². The van der Waals surface area contributed by atoms with E-state index in [1.54, 1.807) is 0 Å². The normalized spacial score (nSPS) is 16.5. The van der Waals surface area contributed by atoms with E-state index in [2.05, 4.69) is 10.1 Å². The number of benzene rings is 1. The largest absolute Gasteiger partial charge is 0.389 e. The predicted octanol–water partition coefficient (Wildman–Crippen LogP) is 1.97. The Labute approximate surface area is 147 Å². The molecule has 0 spiro atoms. The van der Waals surface area contributed by atoms with Gasteiger partial charge in [-0.2, -0.15) is 0 Å². The number of aliphatic hydroxyl groups is 1. The smallest absolute Gasteiger partial charge is 0.163 e. The minimum Gasteiger partial charge on any atom is -0.389 e. The van der Waals surface area contributed by atoms with E-state index in [1.807, 2.05) is 36.4 Å². The van der Waals surface area contributed by atoms with Crippen LogP contribution in [-0.4, -0.2) is 60.7 Å². The van der Waals surface area contributed by atoms with Crippen molar-refractivity contribution in [1.29, 1.82) is 0 Å². The van der Waals surface area contributed by atoms with Gasteiger partial charge in [0.15, 0.2) is 5.76 Å². The summed E-state index contributed by atoms with van der Waals surface area (Å²) in [5, 5.41) is 14.0. The molecule has 1 N–H and O–H groups in total. The van der Waals surface area contributed by atoms with E-state index in [9.17, 15) is 5.11 Å². The molecular weight excluding hydrogens is 332 g/mol. The number of rotatable bonds is 7. The lowest BCUT2D eigenvalue weighted by Crippen LogP contribution is -2.42. The van der Waals surface area contributed by atoms with Crippen molar-refractivity contribution in [2.24, 2.45) is 0 Å². The van der Waals surface area contributed by atoms with Gasteiger partial charge in [0.25, 0.3) is 0 Å². The summed E-state index contributed by atoms with van der Waals surface area (Å²) in [6, 6.07) is 11.7. The molecule has 0 radical (unpaired) electrons. The Bertz CT molecular complexity index is 587. The number of β-amino-alcohol motifs (C(OH)–C–C–N with tert-alkyl or cyclic N) is 1. The molecule has 7 heteroatoms. The Morgan fingerprint density at radius 2 is 1.96 bits per heavy atom. The fourth-order valence-corrected chi connectivity index (χ4v) is 2.56. The third kappa shape index (κ3) is 5.58. The molecule has 1 aromatic heterocycles. The van der Waals surface area contributed by atoms with Crippen molar-refractivity contribution in [3.8, 4) is 11.3 Å². The SMILES string of the molecule is Cl.OC(COCc1cc(-c2ccccc2)no1)CN1CCOCC1. The van der Waals surface area contributed by atoms with E-state index >= 15 is 0 Å². The molecule has 0 aliphatic carbocycles. The highest BCUT2D eigenvalue weighted by molar-refractivity contribution is 5.85. The highest BCUT2D eigenvalue weighted by atomic mass is 35.5. The maximum atomic E-state index is 10.0. The van der Waals surface area contributed by atoms with Gasteiger partial charge < -0.3 is 19.1 Å². The monoisotopic (exact) mass is 354 g/mol. The Hall–Kier alpha value is -1.44. The molecule has 1 atom stereocenters. The van der Waals surface area contributed by atoms with Gasteiger partial charge in [-0.1, -0.05) is 35.5 Å². The first-order valence-electron chi connectivity index (χ1n) is 7.88. The second kappa shape index (κ2) is 9.76. The maximum absolute atomic E-state index is 10.0. The first-order valence-corrected chi connectivity index (χ1v) is 7.88. The molecule has 0 amide bonds. The Morgan fingerprint density at radius 1 is 1.21 bits per heavy atom. The number of nitrogens with zero attached hydrogens (tertiary/aromatic N) is 2. The average molecular weight is 355 g/mol. The number of ether oxygens (including phenoxy) is 2. The van der Waals surface area contributed by atoms with Crippen LogP contribution in [0.4, 0.5) is 0 Å². The molecule has 1 unspecified atom stereocenters. The average Bonchev–Trinajstić information content (AvgIpc) is 3.05. The molecular formula is C17H23ClN2O4. The highest BCUT2D eigenvalue weighted by Crippen LogP contribution is 2.18. The maximum Gasteiger partial charge on any atom is 0.163 e. The van der Waals surface area contributed by atoms with Crippen LogP contribution in [0.15, 0.2) is 40.9 Å². The molecule has 1 saturated heterocycles. The topological polar surface area (TPSA) is 68.0 Å². The van der Waals surface area contributed by atoms with Gasteiger partial charge in [0.1, 0.15) is 12.3 Å². The van der Waals surface area contributed by atoms with Crippen LogP contribution < -0.4 is 0 Å². The third-order valence-electron chi connectivity index (χ3n) is 3.76. The second-order valence-corrected chi connectivity index (χ2v) is 5.63. The molecule has 2 aromatic rings. The first-order chi connectivity index (χ1) is 11.3. The molecule has 1 fully saturated rings. The van der Waals surface area contributed by atoms with Crippen LogP contribution in [0.1, 0.15) is 5.76 Å². The minimum atomic E-state index is -0.510. The van der Waals surface area contributed by atoms with Gasteiger partial charge >= 0.3 is 0 Å². The van der Waals surface area contributed by atoms with Crippen molar-refractivity contribution in [1.82, 2.24) is 10.1 Å². The summed E-state index contributed by atoms with van der Waals surface area (Å²) in [5.74, 6) is 0.655. The van der Waals surface area contributed by atoms with Gasteiger partial charge in [0.05, 0.1) is 25.9 Å². The minimum absolute atomic E-state index is 0. The number of halogens is 1. The van der Waals surface area contributed by atoms with Crippen LogP contribution in [0.5, 0.6) is 0 Å². The van der Waals surface area contributed by atoms with E-state index in [0.29, 0.717) is 18.9 Å². The van der Waals surface area contributed by atoms with Crippen molar-refractivity contribution in [3.63, 3.8) is 0 Å². The third-order valence-corrected chi connectivity index (χ3v) is 3.76. The summed E-state index contributed by atoms with van der Waals surface area (Å²) in [6.07, 6.45) is -0.510. The zero-order valence-electron chi connectivity index (χ0n) is 13.5. The van der Waals surface area contributed by atoms with Gasteiger partial charge in [0.2, 0.25) is 0 Å². The van der Waals surface area contributed by atoms with Gasteiger partial charge in [0, 0.05) is 31.3 Å². The fourth-order valence-electron chi connectivity index (χ4n) is 2.56. The lowest BCUT2D eigenvalue weighted by Gasteiger charge is -2.28. The molecule has 24 heavy (non-hydrogen) atoms. The Morgan fingerprint density at radius 3 is 2.71 bits per heavy atom. The number of hydrogen-bond donors (Lipinski definition) is 1. The standard InChI is InChI=1S/C17H22N2O4.ClH/c20-15(11-19-6-8-21-9-7-19)12-22-13-16-10-17(18-23-16)14-4-2-1-3-5-14;/h1-5,10,15,20H,6-9,11-13H2;1H. The zero-order valence-corrected chi connectivity index (χ0v) is 14.3. The van der Waals surface area contributed by atoms with Crippen molar-refractivity contribution in [2.75, 3.05) is 39.5 Å². The molecule has 0 bridgehead atoms. The number of morpholine rings is 1. The molecule has 6 nitrogen and oxygen atoms in total. The predicted molar refractivity (Wildman–Crippen MR) is 92.1 cm³/mol. The lowest BCUT2D eigenvalue weighted by molar-refractivity contribution is -0.0204. The molecule has 132 valence electrons. The van der Waals surface area contributed by atoms with Crippen molar-refractivity contribution >= 4 is 12.4 Å². The molecule has 1 aliphatic rings. The number of aliphatic hydroxyl groups excluding tert-OH is 1. The lowest BCUT2D eigenvalue weighted by atomic mass is 10.1. The van der Waals surface area contributed by atoms with Crippen molar-refractivity contribution < 1.29 is 19.1 Å². The van der Waals surface area contributed by atoms with Crippen LogP contribution in [0.2, 0.25) is 0 Å². The van der Waals surface area contributed by atoms with E-state index in [-0.39, 0.29) is 19.0 Å². The summed E-state index contributed by atoms with van der Waals surface area (Å²) in [6.45, 7) is 4.37. The quantitative estimate of drug-likeness (QED) is 0.820. The molecule has 3 rings (SSSR count). The van der Waals surface area contributed by atoms with Crippen LogP contribution in [-0.2, 0) is 16.1 Å². The highest BCUT2D eigenvalue weighted by Gasteiger charge is 2.15. The number of aromatic nitrogens is 1. The zero-order chi connectivity index (χ0) is 15.9. The summed E-state index contributed by atoms with van der Waals surface area (Å²) < 4.78 is 16.1. The van der Waals surface area contributed by atoms with E-state index in [0.717, 1.165) is 37.6 Å². The Kier molecular flexibility index (Phi) is 7.68. The number of hydrogen-bond acceptors (Lipinski definition) is 6. The summed E-state index contributed by atoms with van der Waals surface area (Å²) in [7, 11) is 0. The van der Waals surface area contributed by atoms with E-state index < -0.39 is 6.10 Å². The summed E-state index contributed by atoms with van der Waals surface area (Å²) >= 11 is 0.